The van der Waals surface area contributed by atoms with Crippen LogP contribution in [0.1, 0.15) is 37.0 Å². The molecule has 9 heteroatoms. The fourth-order valence-electron chi connectivity index (χ4n) is 2.95. The number of hydrogen-bond donors (Lipinski definition) is 1. The van der Waals surface area contributed by atoms with Gasteiger partial charge in [-0.25, -0.2) is 4.39 Å². The van der Waals surface area contributed by atoms with Gasteiger partial charge in [0.05, 0.1) is 5.56 Å². The van der Waals surface area contributed by atoms with E-state index in [1.54, 1.807) is 18.2 Å². The lowest BCUT2D eigenvalue weighted by atomic mass is 10.1. The maximum absolute atomic E-state index is 14.1. The van der Waals surface area contributed by atoms with Gasteiger partial charge in [-0.05, 0) is 37.6 Å². The van der Waals surface area contributed by atoms with Gasteiger partial charge in [0, 0.05) is 29.6 Å². The second-order valence-electron chi connectivity index (χ2n) is 6.96. The van der Waals surface area contributed by atoms with Crippen LogP contribution in [0, 0.1) is 5.82 Å². The predicted molar refractivity (Wildman–Crippen MR) is 121 cm³/mol. The Morgan fingerprint density at radius 1 is 1.19 bits per heavy atom. The summed E-state index contributed by atoms with van der Waals surface area (Å²) in [6.07, 6.45) is 0.734. The topological polar surface area (TPSA) is 75.2 Å². The Kier molecular flexibility index (Phi) is 7.70. The SMILES string of the molecule is CCC(C)N(CCC(=O)Nc1nnc(-c2cccc(Cl)c2)s1)C(=O)c1ccccc1F. The fourth-order valence-corrected chi connectivity index (χ4v) is 3.89. The summed E-state index contributed by atoms with van der Waals surface area (Å²) in [7, 11) is 0. The molecule has 0 radical (unpaired) electrons. The number of aromatic nitrogens is 2. The van der Waals surface area contributed by atoms with Crippen LogP contribution in [-0.4, -0.2) is 39.5 Å². The molecule has 2 amide bonds. The molecule has 0 fully saturated rings. The lowest BCUT2D eigenvalue weighted by molar-refractivity contribution is -0.116. The summed E-state index contributed by atoms with van der Waals surface area (Å²) < 4.78 is 14.1. The lowest BCUT2D eigenvalue weighted by Gasteiger charge is -2.28. The average molecular weight is 461 g/mol. The number of benzene rings is 2. The maximum Gasteiger partial charge on any atom is 0.257 e. The molecule has 6 nitrogen and oxygen atoms in total. The lowest BCUT2D eigenvalue weighted by Crippen LogP contribution is -2.40. The Labute approximate surface area is 189 Å². The van der Waals surface area contributed by atoms with Crippen molar-refractivity contribution in [1.29, 1.82) is 0 Å². The molecule has 2 aromatic carbocycles. The molecule has 1 heterocycles. The quantitative estimate of drug-likeness (QED) is 0.497. The van der Waals surface area contributed by atoms with E-state index in [0.717, 1.165) is 5.56 Å². The molecule has 162 valence electrons. The minimum atomic E-state index is -0.576. The summed E-state index contributed by atoms with van der Waals surface area (Å²) >= 11 is 7.24. The smallest absolute Gasteiger partial charge is 0.257 e. The third-order valence-electron chi connectivity index (χ3n) is 4.81. The summed E-state index contributed by atoms with van der Waals surface area (Å²) in [6, 6.07) is 12.9. The number of nitrogens with one attached hydrogen (secondary N) is 1. The Morgan fingerprint density at radius 2 is 1.97 bits per heavy atom. The standard InChI is InChI=1S/C22H22ClFN4O2S/c1-3-14(2)28(21(30)17-9-4-5-10-18(17)24)12-11-19(29)25-22-27-26-20(31-22)15-7-6-8-16(23)13-15/h4-10,13-14H,3,11-12H2,1-2H3,(H,25,27,29). The van der Waals surface area contributed by atoms with Crippen molar-refractivity contribution in [3.8, 4) is 10.6 Å². The Bertz CT molecular complexity index is 1070. The van der Waals surface area contributed by atoms with E-state index in [4.69, 9.17) is 11.6 Å². The number of anilines is 1. The van der Waals surface area contributed by atoms with E-state index in [1.165, 1.54) is 34.4 Å². The molecule has 0 aliphatic heterocycles. The molecule has 1 unspecified atom stereocenters. The first kappa shape index (κ1) is 22.8. The molecule has 1 aromatic heterocycles. The van der Waals surface area contributed by atoms with Crippen LogP contribution in [0.15, 0.2) is 48.5 Å². The molecule has 3 rings (SSSR count). The number of carbonyl (C=O) groups is 2. The van der Waals surface area contributed by atoms with Gasteiger partial charge >= 0.3 is 0 Å². The summed E-state index contributed by atoms with van der Waals surface area (Å²) in [6.45, 7) is 3.97. The largest absolute Gasteiger partial charge is 0.335 e. The Morgan fingerprint density at radius 3 is 2.68 bits per heavy atom. The van der Waals surface area contributed by atoms with E-state index in [1.807, 2.05) is 26.0 Å². The number of carbonyl (C=O) groups excluding carboxylic acids is 2. The van der Waals surface area contributed by atoms with E-state index in [2.05, 4.69) is 15.5 Å². The Hall–Kier alpha value is -2.84. The van der Waals surface area contributed by atoms with Gasteiger partial charge in [-0.15, -0.1) is 10.2 Å². The monoisotopic (exact) mass is 460 g/mol. The van der Waals surface area contributed by atoms with Crippen LogP contribution in [0.5, 0.6) is 0 Å². The van der Waals surface area contributed by atoms with E-state index >= 15 is 0 Å². The van der Waals surface area contributed by atoms with Crippen LogP contribution in [0.2, 0.25) is 5.02 Å². The molecular formula is C22H22ClFN4O2S. The van der Waals surface area contributed by atoms with E-state index in [9.17, 15) is 14.0 Å². The van der Waals surface area contributed by atoms with Crippen molar-refractivity contribution in [3.05, 3.63) is 64.9 Å². The highest BCUT2D eigenvalue weighted by Crippen LogP contribution is 2.28. The second kappa shape index (κ2) is 10.5. The van der Waals surface area contributed by atoms with Gasteiger partial charge in [0.2, 0.25) is 11.0 Å². The van der Waals surface area contributed by atoms with Gasteiger partial charge in [-0.1, -0.05) is 54.1 Å². The molecule has 0 aliphatic carbocycles. The van der Waals surface area contributed by atoms with Crippen LogP contribution in [-0.2, 0) is 4.79 Å². The fraction of sp³-hybridized carbons (Fsp3) is 0.273. The maximum atomic E-state index is 14.1. The minimum Gasteiger partial charge on any atom is -0.335 e. The third kappa shape index (κ3) is 5.86. The van der Waals surface area contributed by atoms with Crippen molar-refractivity contribution >= 4 is 39.9 Å². The van der Waals surface area contributed by atoms with Crippen molar-refractivity contribution in [2.75, 3.05) is 11.9 Å². The van der Waals surface area contributed by atoms with Crippen LogP contribution in [0.4, 0.5) is 9.52 Å². The highest BCUT2D eigenvalue weighted by atomic mass is 35.5. The van der Waals surface area contributed by atoms with Crippen molar-refractivity contribution in [2.45, 2.75) is 32.7 Å². The molecule has 0 saturated heterocycles. The van der Waals surface area contributed by atoms with Crippen LogP contribution < -0.4 is 5.32 Å². The molecule has 0 spiro atoms. The number of hydrogen-bond acceptors (Lipinski definition) is 5. The summed E-state index contributed by atoms with van der Waals surface area (Å²) in [5, 5.41) is 12.4. The average Bonchev–Trinajstić information content (AvgIpc) is 3.22. The zero-order valence-electron chi connectivity index (χ0n) is 17.1. The van der Waals surface area contributed by atoms with Crippen molar-refractivity contribution in [3.63, 3.8) is 0 Å². The van der Waals surface area contributed by atoms with Crippen LogP contribution in [0.25, 0.3) is 10.6 Å². The molecule has 1 atom stereocenters. The second-order valence-corrected chi connectivity index (χ2v) is 8.37. The molecule has 1 N–H and O–H groups in total. The molecule has 0 bridgehead atoms. The number of amides is 2. The van der Waals surface area contributed by atoms with Crippen molar-refractivity contribution in [2.24, 2.45) is 0 Å². The number of nitrogens with zero attached hydrogens (tertiary/aromatic N) is 3. The van der Waals surface area contributed by atoms with Gasteiger partial charge in [0.25, 0.3) is 5.91 Å². The van der Waals surface area contributed by atoms with E-state index in [-0.39, 0.29) is 30.5 Å². The van der Waals surface area contributed by atoms with Gasteiger partial charge < -0.3 is 10.2 Å². The van der Waals surface area contributed by atoms with E-state index < -0.39 is 11.7 Å². The zero-order valence-corrected chi connectivity index (χ0v) is 18.7. The van der Waals surface area contributed by atoms with Crippen molar-refractivity contribution < 1.29 is 14.0 Å². The molecular weight excluding hydrogens is 439 g/mol. The Balaban J connectivity index is 1.64. The minimum absolute atomic E-state index is 0.00139. The summed E-state index contributed by atoms with van der Waals surface area (Å²) in [5.41, 5.74) is 0.808. The zero-order chi connectivity index (χ0) is 22.4. The summed E-state index contributed by atoms with van der Waals surface area (Å²) in [5.74, 6) is -1.31. The first-order valence-electron chi connectivity index (χ1n) is 9.83. The summed E-state index contributed by atoms with van der Waals surface area (Å²) in [4.78, 5) is 26.8. The first-order chi connectivity index (χ1) is 14.9. The number of rotatable bonds is 8. The van der Waals surface area contributed by atoms with Gasteiger partial charge in [0.1, 0.15) is 10.8 Å². The highest BCUT2D eigenvalue weighted by Gasteiger charge is 2.23. The van der Waals surface area contributed by atoms with Gasteiger partial charge in [-0.3, -0.25) is 9.59 Å². The van der Waals surface area contributed by atoms with Crippen LogP contribution >= 0.6 is 22.9 Å². The van der Waals surface area contributed by atoms with Gasteiger partial charge in [0.15, 0.2) is 0 Å². The molecule has 31 heavy (non-hydrogen) atoms. The number of halogens is 2. The third-order valence-corrected chi connectivity index (χ3v) is 5.93. The normalized spacial score (nSPS) is 11.7. The van der Waals surface area contributed by atoms with Crippen molar-refractivity contribution in [1.82, 2.24) is 15.1 Å². The highest BCUT2D eigenvalue weighted by molar-refractivity contribution is 7.18. The van der Waals surface area contributed by atoms with Gasteiger partial charge in [-0.2, -0.15) is 0 Å². The predicted octanol–water partition coefficient (Wildman–Crippen LogP) is 5.27. The van der Waals surface area contributed by atoms with E-state index in [0.29, 0.717) is 21.6 Å². The molecule has 0 aliphatic rings. The molecule has 3 aromatic rings. The molecule has 0 saturated carbocycles. The first-order valence-corrected chi connectivity index (χ1v) is 11.0. The van der Waals surface area contributed by atoms with Crippen LogP contribution in [0.3, 0.4) is 0 Å².